The molecular weight excluding hydrogens is 241 g/mol. The van der Waals surface area contributed by atoms with Gasteiger partial charge in [-0.3, -0.25) is 4.68 Å². The SMILES string of the molecule is CCCNC(c1cc(C)cc(F)c1)c1cnn(C)c1. The molecule has 102 valence electrons. The Kier molecular flexibility index (Phi) is 4.32. The van der Waals surface area contributed by atoms with Crippen molar-refractivity contribution in [2.24, 2.45) is 7.05 Å². The van der Waals surface area contributed by atoms with Gasteiger partial charge >= 0.3 is 0 Å². The van der Waals surface area contributed by atoms with E-state index in [9.17, 15) is 4.39 Å². The molecule has 0 aliphatic carbocycles. The molecule has 0 saturated heterocycles. The van der Waals surface area contributed by atoms with E-state index in [4.69, 9.17) is 0 Å². The number of halogens is 1. The summed E-state index contributed by atoms with van der Waals surface area (Å²) in [6.45, 7) is 4.91. The lowest BCUT2D eigenvalue weighted by atomic mass is 9.99. The van der Waals surface area contributed by atoms with Gasteiger partial charge in [-0.2, -0.15) is 5.10 Å². The first kappa shape index (κ1) is 13.7. The van der Waals surface area contributed by atoms with Gasteiger partial charge in [-0.1, -0.05) is 13.0 Å². The lowest BCUT2D eigenvalue weighted by Crippen LogP contribution is -2.23. The number of aryl methyl sites for hydroxylation is 2. The van der Waals surface area contributed by atoms with Gasteiger partial charge in [0, 0.05) is 18.8 Å². The zero-order valence-corrected chi connectivity index (χ0v) is 11.7. The standard InChI is InChI=1S/C15H20FN3/c1-4-5-17-15(13-9-18-19(3)10-13)12-6-11(2)7-14(16)8-12/h6-10,15,17H,4-5H2,1-3H3. The van der Waals surface area contributed by atoms with E-state index in [1.807, 2.05) is 32.4 Å². The minimum atomic E-state index is -0.192. The van der Waals surface area contributed by atoms with E-state index in [2.05, 4.69) is 17.3 Å². The average molecular weight is 261 g/mol. The third-order valence-corrected chi connectivity index (χ3v) is 3.05. The maximum Gasteiger partial charge on any atom is 0.123 e. The van der Waals surface area contributed by atoms with Crippen LogP contribution >= 0.6 is 0 Å². The predicted octanol–water partition coefficient (Wildman–Crippen LogP) is 2.96. The molecule has 0 amide bonds. The smallest absolute Gasteiger partial charge is 0.123 e. The van der Waals surface area contributed by atoms with Crippen LogP contribution in [0.25, 0.3) is 0 Å². The number of rotatable bonds is 5. The molecule has 2 aromatic rings. The van der Waals surface area contributed by atoms with Crippen molar-refractivity contribution in [3.05, 3.63) is 53.1 Å². The number of nitrogens with zero attached hydrogens (tertiary/aromatic N) is 2. The zero-order valence-electron chi connectivity index (χ0n) is 11.7. The Bertz CT molecular complexity index is 528. The van der Waals surface area contributed by atoms with E-state index < -0.39 is 0 Å². The molecule has 0 bridgehead atoms. The average Bonchev–Trinajstić information content (AvgIpc) is 2.75. The van der Waals surface area contributed by atoms with Crippen LogP contribution in [0.5, 0.6) is 0 Å². The van der Waals surface area contributed by atoms with Crippen molar-refractivity contribution >= 4 is 0 Å². The molecule has 0 saturated carbocycles. The summed E-state index contributed by atoms with van der Waals surface area (Å²) in [5.41, 5.74) is 2.93. The van der Waals surface area contributed by atoms with E-state index in [0.717, 1.165) is 29.7 Å². The molecule has 1 unspecified atom stereocenters. The second-order valence-corrected chi connectivity index (χ2v) is 4.90. The second-order valence-electron chi connectivity index (χ2n) is 4.90. The Morgan fingerprint density at radius 3 is 2.68 bits per heavy atom. The Morgan fingerprint density at radius 1 is 1.32 bits per heavy atom. The van der Waals surface area contributed by atoms with Crippen molar-refractivity contribution < 1.29 is 4.39 Å². The Labute approximate surface area is 113 Å². The lowest BCUT2D eigenvalue weighted by Gasteiger charge is -2.18. The van der Waals surface area contributed by atoms with Crippen LogP contribution in [0.2, 0.25) is 0 Å². The van der Waals surface area contributed by atoms with Gasteiger partial charge in [0.15, 0.2) is 0 Å². The molecule has 0 spiro atoms. The van der Waals surface area contributed by atoms with Gasteiger partial charge < -0.3 is 5.32 Å². The Hall–Kier alpha value is -1.68. The molecule has 4 heteroatoms. The number of benzene rings is 1. The first-order valence-electron chi connectivity index (χ1n) is 6.59. The van der Waals surface area contributed by atoms with Crippen LogP contribution in [-0.4, -0.2) is 16.3 Å². The summed E-state index contributed by atoms with van der Waals surface area (Å²) >= 11 is 0. The van der Waals surface area contributed by atoms with Crippen LogP contribution in [0.4, 0.5) is 4.39 Å². The highest BCUT2D eigenvalue weighted by atomic mass is 19.1. The van der Waals surface area contributed by atoms with Crippen molar-refractivity contribution in [2.45, 2.75) is 26.3 Å². The van der Waals surface area contributed by atoms with Gasteiger partial charge in [0.25, 0.3) is 0 Å². The molecule has 1 heterocycles. The molecule has 0 fully saturated rings. The Balaban J connectivity index is 2.36. The topological polar surface area (TPSA) is 29.9 Å². The summed E-state index contributed by atoms with van der Waals surface area (Å²) in [6.07, 6.45) is 4.83. The van der Waals surface area contributed by atoms with Gasteiger partial charge in [0.1, 0.15) is 5.82 Å². The van der Waals surface area contributed by atoms with Crippen LogP contribution in [0.15, 0.2) is 30.6 Å². The van der Waals surface area contributed by atoms with Crippen LogP contribution in [0.1, 0.15) is 36.1 Å². The fraction of sp³-hybridized carbons (Fsp3) is 0.400. The summed E-state index contributed by atoms with van der Waals surface area (Å²) in [5, 5.41) is 7.65. The number of hydrogen-bond acceptors (Lipinski definition) is 2. The number of hydrogen-bond donors (Lipinski definition) is 1. The quantitative estimate of drug-likeness (QED) is 0.896. The highest BCUT2D eigenvalue weighted by molar-refractivity contribution is 5.32. The van der Waals surface area contributed by atoms with Crippen molar-refractivity contribution in [1.29, 1.82) is 0 Å². The predicted molar refractivity (Wildman–Crippen MR) is 74.5 cm³/mol. The largest absolute Gasteiger partial charge is 0.306 e. The molecular formula is C15H20FN3. The number of nitrogens with one attached hydrogen (secondary N) is 1. The van der Waals surface area contributed by atoms with Crippen LogP contribution < -0.4 is 5.32 Å². The molecule has 2 rings (SSSR count). The maximum absolute atomic E-state index is 13.6. The lowest BCUT2D eigenvalue weighted by molar-refractivity contribution is 0.584. The van der Waals surface area contributed by atoms with Gasteiger partial charge in [-0.05, 0) is 43.1 Å². The van der Waals surface area contributed by atoms with Crippen LogP contribution in [0.3, 0.4) is 0 Å². The van der Waals surface area contributed by atoms with Crippen LogP contribution in [0, 0.1) is 12.7 Å². The fourth-order valence-electron chi connectivity index (χ4n) is 2.24. The molecule has 1 N–H and O–H groups in total. The summed E-state index contributed by atoms with van der Waals surface area (Å²) in [5.74, 6) is -0.192. The molecule has 1 aromatic carbocycles. The first-order chi connectivity index (χ1) is 9.10. The monoisotopic (exact) mass is 261 g/mol. The second kappa shape index (κ2) is 5.97. The Morgan fingerprint density at radius 2 is 2.11 bits per heavy atom. The maximum atomic E-state index is 13.6. The molecule has 0 aliphatic rings. The van der Waals surface area contributed by atoms with Gasteiger partial charge in [0.05, 0.1) is 12.2 Å². The number of aromatic nitrogens is 2. The third kappa shape index (κ3) is 3.41. The van der Waals surface area contributed by atoms with Crippen molar-refractivity contribution in [1.82, 2.24) is 15.1 Å². The summed E-state index contributed by atoms with van der Waals surface area (Å²) in [4.78, 5) is 0. The van der Waals surface area contributed by atoms with Crippen molar-refractivity contribution in [3.63, 3.8) is 0 Å². The van der Waals surface area contributed by atoms with E-state index >= 15 is 0 Å². The highest BCUT2D eigenvalue weighted by Gasteiger charge is 2.16. The molecule has 3 nitrogen and oxygen atoms in total. The summed E-state index contributed by atoms with van der Waals surface area (Å²) < 4.78 is 15.3. The minimum absolute atomic E-state index is 0.0111. The molecule has 0 radical (unpaired) electrons. The van der Waals surface area contributed by atoms with Crippen LogP contribution in [-0.2, 0) is 7.05 Å². The molecule has 1 aromatic heterocycles. The van der Waals surface area contributed by atoms with E-state index in [0.29, 0.717) is 0 Å². The molecule has 1 atom stereocenters. The normalized spacial score (nSPS) is 12.6. The van der Waals surface area contributed by atoms with E-state index in [-0.39, 0.29) is 11.9 Å². The minimum Gasteiger partial charge on any atom is -0.306 e. The van der Waals surface area contributed by atoms with Gasteiger partial charge in [0.2, 0.25) is 0 Å². The molecule has 19 heavy (non-hydrogen) atoms. The van der Waals surface area contributed by atoms with E-state index in [1.165, 1.54) is 0 Å². The summed E-state index contributed by atoms with van der Waals surface area (Å²) in [6, 6.07) is 5.14. The van der Waals surface area contributed by atoms with Crippen molar-refractivity contribution in [3.8, 4) is 0 Å². The molecule has 0 aliphatic heterocycles. The van der Waals surface area contributed by atoms with Crippen molar-refractivity contribution in [2.75, 3.05) is 6.54 Å². The highest BCUT2D eigenvalue weighted by Crippen LogP contribution is 2.23. The summed E-state index contributed by atoms with van der Waals surface area (Å²) in [7, 11) is 1.89. The van der Waals surface area contributed by atoms with E-state index in [1.54, 1.807) is 16.8 Å². The zero-order chi connectivity index (χ0) is 13.8. The fourth-order valence-corrected chi connectivity index (χ4v) is 2.24. The van der Waals surface area contributed by atoms with Gasteiger partial charge in [-0.15, -0.1) is 0 Å². The first-order valence-corrected chi connectivity index (χ1v) is 6.59. The third-order valence-electron chi connectivity index (χ3n) is 3.05. The van der Waals surface area contributed by atoms with Gasteiger partial charge in [-0.25, -0.2) is 4.39 Å².